The van der Waals surface area contributed by atoms with E-state index < -0.39 is 72.2 Å². The highest BCUT2D eigenvalue weighted by Crippen LogP contribution is 2.41. The number of fused-ring (bicyclic) bond motifs is 2. The zero-order chi connectivity index (χ0) is 25.5. The Labute approximate surface area is 219 Å². The average molecular weight is 533 g/mol. The molecule has 11 heteroatoms. The molecule has 6 N–H and O–H groups in total. The topological polar surface area (TPSA) is 148 Å². The first-order chi connectivity index (χ1) is 18.0. The van der Waals surface area contributed by atoms with Gasteiger partial charge in [-0.15, -0.1) is 0 Å². The predicted molar refractivity (Wildman–Crippen MR) is 133 cm³/mol. The number of hydrogen-bond donors (Lipinski definition) is 4. The van der Waals surface area contributed by atoms with E-state index in [1.165, 1.54) is 0 Å². The van der Waals surface area contributed by atoms with Crippen molar-refractivity contribution in [2.24, 2.45) is 11.5 Å². The van der Waals surface area contributed by atoms with Gasteiger partial charge in [0, 0.05) is 11.1 Å². The molecule has 200 valence electrons. The third kappa shape index (κ3) is 5.07. The lowest BCUT2D eigenvalue weighted by molar-refractivity contribution is -0.301. The molecule has 0 aliphatic carbocycles. The lowest BCUT2D eigenvalue weighted by atomic mass is 9.96. The molecule has 0 amide bonds. The lowest BCUT2D eigenvalue weighted by Gasteiger charge is -2.50. The van der Waals surface area contributed by atoms with Crippen LogP contribution in [-0.2, 0) is 28.4 Å². The summed E-state index contributed by atoms with van der Waals surface area (Å²) >= 11 is 1.14. The molecule has 0 aromatic heterocycles. The molecule has 0 radical (unpaired) electrons. The number of rotatable bonds is 4. The molecule has 2 aromatic rings. The van der Waals surface area contributed by atoms with Crippen molar-refractivity contribution in [3.63, 3.8) is 0 Å². The Balaban J connectivity index is 1.09. The molecule has 0 spiro atoms. The van der Waals surface area contributed by atoms with Crippen LogP contribution in [0.25, 0.3) is 0 Å². The largest absolute Gasteiger partial charge is 0.388 e. The van der Waals surface area contributed by atoms with Crippen molar-refractivity contribution in [3.8, 4) is 0 Å². The first kappa shape index (κ1) is 25.7. The molecule has 6 rings (SSSR count). The smallest absolute Gasteiger partial charge is 0.184 e. The fourth-order valence-electron chi connectivity index (χ4n) is 5.19. The lowest BCUT2D eigenvalue weighted by Crippen LogP contribution is -2.66. The number of thioether (sulfide) groups is 1. The highest BCUT2D eigenvalue weighted by Gasteiger charge is 2.52. The molecule has 4 aliphatic rings. The number of aliphatic hydroxyl groups excluding tert-OH is 2. The Morgan fingerprint density at radius 2 is 1.03 bits per heavy atom. The quantitative estimate of drug-likeness (QED) is 0.443. The van der Waals surface area contributed by atoms with Gasteiger partial charge in [-0.1, -0.05) is 72.4 Å². The molecular weight excluding hydrogens is 500 g/mol. The third-order valence-electron chi connectivity index (χ3n) is 7.25. The van der Waals surface area contributed by atoms with Crippen molar-refractivity contribution in [1.29, 1.82) is 0 Å². The van der Waals surface area contributed by atoms with Crippen molar-refractivity contribution in [1.82, 2.24) is 0 Å². The van der Waals surface area contributed by atoms with Crippen molar-refractivity contribution in [3.05, 3.63) is 71.8 Å². The number of hydrogen-bond acceptors (Lipinski definition) is 11. The van der Waals surface area contributed by atoms with Gasteiger partial charge in [0.2, 0.25) is 0 Å². The SMILES string of the molecule is NC1C2OC(c3ccccc3)OC[C@H]2OC(S[C@@H]2OC3COC(c4ccccc4)O[C@@H]3[C@H](N)C2O)[C@@H]1O. The van der Waals surface area contributed by atoms with E-state index in [1.807, 2.05) is 60.7 Å². The minimum Gasteiger partial charge on any atom is -0.388 e. The van der Waals surface area contributed by atoms with Gasteiger partial charge in [0.1, 0.15) is 47.5 Å². The van der Waals surface area contributed by atoms with Crippen molar-refractivity contribution in [2.75, 3.05) is 13.2 Å². The summed E-state index contributed by atoms with van der Waals surface area (Å²) in [7, 11) is 0. The van der Waals surface area contributed by atoms with Crippen LogP contribution < -0.4 is 11.5 Å². The maximum Gasteiger partial charge on any atom is 0.184 e. The van der Waals surface area contributed by atoms with Crippen LogP contribution in [0.1, 0.15) is 23.7 Å². The zero-order valence-corrected chi connectivity index (χ0v) is 20.8. The highest BCUT2D eigenvalue weighted by atomic mass is 32.2. The predicted octanol–water partition coefficient (Wildman–Crippen LogP) is 0.774. The van der Waals surface area contributed by atoms with E-state index in [2.05, 4.69) is 0 Å². The van der Waals surface area contributed by atoms with Crippen molar-refractivity contribution >= 4 is 11.8 Å². The maximum absolute atomic E-state index is 11.0. The molecule has 4 fully saturated rings. The summed E-state index contributed by atoms with van der Waals surface area (Å²) in [4.78, 5) is 0. The zero-order valence-electron chi connectivity index (χ0n) is 20.0. The van der Waals surface area contributed by atoms with Crippen LogP contribution in [0.2, 0.25) is 0 Å². The van der Waals surface area contributed by atoms with Crippen LogP contribution >= 0.6 is 11.8 Å². The van der Waals surface area contributed by atoms with Gasteiger partial charge in [-0.05, 0) is 0 Å². The molecule has 4 aliphatic heterocycles. The molecule has 4 heterocycles. The van der Waals surface area contributed by atoms with Crippen LogP contribution in [-0.4, -0.2) is 83.0 Å². The molecule has 37 heavy (non-hydrogen) atoms. The molecule has 12 atom stereocenters. The van der Waals surface area contributed by atoms with Gasteiger partial charge in [-0.25, -0.2) is 0 Å². The number of aliphatic hydroxyl groups is 2. The Kier molecular flexibility index (Phi) is 7.54. The summed E-state index contributed by atoms with van der Waals surface area (Å²) in [6.07, 6.45) is -5.36. The summed E-state index contributed by atoms with van der Waals surface area (Å²) in [5.74, 6) is 0. The first-order valence-corrected chi connectivity index (χ1v) is 13.4. The minimum atomic E-state index is -1.06. The van der Waals surface area contributed by atoms with Gasteiger partial charge in [0.15, 0.2) is 12.6 Å². The van der Waals surface area contributed by atoms with Crippen molar-refractivity contribution in [2.45, 2.75) is 72.2 Å². The summed E-state index contributed by atoms with van der Waals surface area (Å²) < 4.78 is 36.2. The molecule has 0 bridgehead atoms. The van der Waals surface area contributed by atoms with Crippen LogP contribution in [0.4, 0.5) is 0 Å². The van der Waals surface area contributed by atoms with E-state index >= 15 is 0 Å². The van der Waals surface area contributed by atoms with Gasteiger partial charge in [0.05, 0.1) is 25.3 Å². The van der Waals surface area contributed by atoms with Crippen LogP contribution in [0.5, 0.6) is 0 Å². The van der Waals surface area contributed by atoms with Crippen LogP contribution in [0.3, 0.4) is 0 Å². The minimum absolute atomic E-state index is 0.253. The third-order valence-corrected chi connectivity index (χ3v) is 8.57. The molecule has 7 unspecified atom stereocenters. The van der Waals surface area contributed by atoms with Gasteiger partial charge in [0.25, 0.3) is 0 Å². The molecular formula is C26H32N2O8S. The Morgan fingerprint density at radius 3 is 1.43 bits per heavy atom. The van der Waals surface area contributed by atoms with Crippen LogP contribution in [0.15, 0.2) is 60.7 Å². The Hall–Kier alpha value is -1.61. The summed E-state index contributed by atoms with van der Waals surface area (Å²) in [5, 5.41) is 22.0. The fourth-order valence-corrected chi connectivity index (χ4v) is 6.55. The van der Waals surface area contributed by atoms with E-state index in [1.54, 1.807) is 0 Å². The average Bonchev–Trinajstić information content (AvgIpc) is 2.95. The van der Waals surface area contributed by atoms with E-state index in [0.29, 0.717) is 0 Å². The second-order valence-electron chi connectivity index (χ2n) is 9.71. The fraction of sp³-hybridized carbons (Fsp3) is 0.538. The summed E-state index contributed by atoms with van der Waals surface area (Å²) in [5.41, 5.74) is 13.0. The van der Waals surface area contributed by atoms with Gasteiger partial charge in [-0.2, -0.15) is 0 Å². The Morgan fingerprint density at radius 1 is 0.622 bits per heavy atom. The molecule has 2 aromatic carbocycles. The number of benzene rings is 2. The van der Waals surface area contributed by atoms with Gasteiger partial charge < -0.3 is 50.1 Å². The van der Waals surface area contributed by atoms with E-state index in [-0.39, 0.29) is 13.2 Å². The summed E-state index contributed by atoms with van der Waals surface area (Å²) in [6, 6.07) is 17.7. The maximum atomic E-state index is 11.0. The highest BCUT2D eigenvalue weighted by molar-refractivity contribution is 8.00. The van der Waals surface area contributed by atoms with E-state index in [9.17, 15) is 10.2 Å². The monoisotopic (exact) mass is 532 g/mol. The second-order valence-corrected chi connectivity index (χ2v) is 10.9. The van der Waals surface area contributed by atoms with E-state index in [4.69, 9.17) is 39.9 Å². The van der Waals surface area contributed by atoms with Gasteiger partial charge >= 0.3 is 0 Å². The number of ether oxygens (including phenoxy) is 6. The first-order valence-electron chi connectivity index (χ1n) is 12.5. The normalized spacial score (nSPS) is 44.0. The van der Waals surface area contributed by atoms with E-state index in [0.717, 1.165) is 22.9 Å². The van der Waals surface area contributed by atoms with Crippen molar-refractivity contribution < 1.29 is 38.6 Å². The van der Waals surface area contributed by atoms with Gasteiger partial charge in [-0.3, -0.25) is 0 Å². The molecule has 4 saturated heterocycles. The second kappa shape index (κ2) is 10.9. The number of nitrogens with two attached hydrogens (primary N) is 2. The molecule has 0 saturated carbocycles. The molecule has 10 nitrogen and oxygen atoms in total. The van der Waals surface area contributed by atoms with Crippen LogP contribution in [0, 0.1) is 0 Å². The summed E-state index contributed by atoms with van der Waals surface area (Å²) in [6.45, 7) is 0.505. The Bertz CT molecular complexity index is 952. The standard InChI is InChI=1S/C26H32N2O8S/c27-17-19(29)25(33-15-11-31-23(35-21(15)17)13-7-3-1-4-8-13)37-26-20(30)18(28)22-16(34-26)12-32-24(36-22)14-9-5-2-6-10-14/h1-10,15-26,29-30H,11-12,27-28H2/t15-,16?,17?,18-,19-,20?,21?,22+,23?,24?,25?,26+/m1/s1.